The Morgan fingerprint density at radius 2 is 2.00 bits per heavy atom. The van der Waals surface area contributed by atoms with Gasteiger partial charge in [-0.2, -0.15) is 5.10 Å². The molecule has 0 atom stereocenters. The highest BCUT2D eigenvalue weighted by atomic mass is 35.5. The van der Waals surface area contributed by atoms with Crippen LogP contribution in [0.15, 0.2) is 30.6 Å². The first-order valence-electron chi connectivity index (χ1n) is 6.23. The van der Waals surface area contributed by atoms with Crippen LogP contribution in [0.25, 0.3) is 10.8 Å². The van der Waals surface area contributed by atoms with Crippen LogP contribution < -0.4 is 5.32 Å². The number of halogens is 1. The summed E-state index contributed by atoms with van der Waals surface area (Å²) in [6.07, 6.45) is 2.41. The van der Waals surface area contributed by atoms with E-state index in [9.17, 15) is 0 Å². The molecule has 0 aliphatic carbocycles. The summed E-state index contributed by atoms with van der Waals surface area (Å²) in [4.78, 5) is 4.18. The van der Waals surface area contributed by atoms with Crippen LogP contribution >= 0.6 is 11.6 Å². The molecule has 2 heterocycles. The van der Waals surface area contributed by atoms with Crippen molar-refractivity contribution in [1.29, 1.82) is 0 Å². The fourth-order valence-corrected chi connectivity index (χ4v) is 2.20. The summed E-state index contributed by atoms with van der Waals surface area (Å²) in [7, 11) is 1.85. The number of anilines is 1. The number of fused-ring (bicyclic) bond motifs is 1. The van der Waals surface area contributed by atoms with Crippen LogP contribution in [0.3, 0.4) is 0 Å². The molecule has 0 spiro atoms. The molecule has 3 aromatic rings. The first-order valence-corrected chi connectivity index (χ1v) is 6.61. The molecule has 0 saturated carbocycles. The van der Waals surface area contributed by atoms with Crippen LogP contribution in [-0.4, -0.2) is 31.5 Å². The summed E-state index contributed by atoms with van der Waals surface area (Å²) in [5.74, 6) is 1.52. The Labute approximate surface area is 120 Å². The van der Waals surface area contributed by atoms with E-state index < -0.39 is 0 Å². The second-order valence-corrected chi connectivity index (χ2v) is 4.75. The minimum absolute atomic E-state index is 0.414. The minimum Gasteiger partial charge on any atom is -0.368 e. The third kappa shape index (κ3) is 2.55. The Hall–Kier alpha value is -2.21. The molecule has 7 heteroatoms. The van der Waals surface area contributed by atoms with Gasteiger partial charge in [0.25, 0.3) is 0 Å². The maximum Gasteiger partial charge on any atom is 0.159 e. The van der Waals surface area contributed by atoms with Gasteiger partial charge >= 0.3 is 0 Å². The van der Waals surface area contributed by atoms with Crippen LogP contribution in [0.1, 0.15) is 5.82 Å². The van der Waals surface area contributed by atoms with Crippen LogP contribution in [0, 0.1) is 0 Å². The molecule has 6 nitrogen and oxygen atoms in total. The van der Waals surface area contributed by atoms with Gasteiger partial charge in [-0.1, -0.05) is 35.9 Å². The zero-order valence-electron chi connectivity index (χ0n) is 10.9. The van der Waals surface area contributed by atoms with Crippen LogP contribution in [0.2, 0.25) is 5.15 Å². The SMILES string of the molecule is Cn1cnc(CCNc2nnc(Cl)c3ccccc23)n1. The third-order valence-corrected chi connectivity index (χ3v) is 3.21. The molecule has 0 radical (unpaired) electrons. The molecule has 2 aromatic heterocycles. The summed E-state index contributed by atoms with van der Waals surface area (Å²) < 4.78 is 1.69. The zero-order chi connectivity index (χ0) is 13.9. The molecule has 0 unspecified atom stereocenters. The van der Waals surface area contributed by atoms with E-state index in [0.717, 1.165) is 28.8 Å². The molecular weight excluding hydrogens is 276 g/mol. The highest BCUT2D eigenvalue weighted by Crippen LogP contribution is 2.25. The van der Waals surface area contributed by atoms with Crippen molar-refractivity contribution < 1.29 is 0 Å². The van der Waals surface area contributed by atoms with Gasteiger partial charge in [-0.15, -0.1) is 10.2 Å². The number of rotatable bonds is 4. The summed E-state index contributed by atoms with van der Waals surface area (Å²) in [5, 5.41) is 17.8. The molecular formula is C13H13ClN6. The molecule has 102 valence electrons. The third-order valence-electron chi connectivity index (χ3n) is 2.93. The van der Waals surface area contributed by atoms with Gasteiger partial charge in [0.2, 0.25) is 0 Å². The van der Waals surface area contributed by atoms with Crippen molar-refractivity contribution in [2.45, 2.75) is 6.42 Å². The largest absolute Gasteiger partial charge is 0.368 e. The molecule has 0 aliphatic rings. The number of hydrogen-bond acceptors (Lipinski definition) is 5. The van der Waals surface area contributed by atoms with Crippen LogP contribution in [-0.2, 0) is 13.5 Å². The average molecular weight is 289 g/mol. The van der Waals surface area contributed by atoms with E-state index in [0.29, 0.717) is 11.7 Å². The Bertz CT molecular complexity index is 739. The smallest absolute Gasteiger partial charge is 0.159 e. The van der Waals surface area contributed by atoms with Gasteiger partial charge in [-0.3, -0.25) is 4.68 Å². The minimum atomic E-state index is 0.414. The predicted octanol–water partition coefficient (Wildman–Crippen LogP) is 2.07. The molecule has 1 aromatic carbocycles. The molecule has 0 saturated heterocycles. The lowest BCUT2D eigenvalue weighted by atomic mass is 10.2. The highest BCUT2D eigenvalue weighted by Gasteiger charge is 2.07. The summed E-state index contributed by atoms with van der Waals surface area (Å²) in [6.45, 7) is 0.685. The normalized spacial score (nSPS) is 10.9. The molecule has 0 fully saturated rings. The van der Waals surface area contributed by atoms with Crippen molar-refractivity contribution in [3.63, 3.8) is 0 Å². The number of hydrogen-bond donors (Lipinski definition) is 1. The molecule has 20 heavy (non-hydrogen) atoms. The Morgan fingerprint density at radius 3 is 2.75 bits per heavy atom. The van der Waals surface area contributed by atoms with Crippen molar-refractivity contribution in [1.82, 2.24) is 25.0 Å². The van der Waals surface area contributed by atoms with Gasteiger partial charge < -0.3 is 5.32 Å². The fraction of sp³-hybridized carbons (Fsp3) is 0.231. The van der Waals surface area contributed by atoms with Gasteiger partial charge in [0.05, 0.1) is 0 Å². The first kappa shape index (κ1) is 12.8. The standard InChI is InChI=1S/C13H13ClN6/c1-20-8-16-11(19-20)6-7-15-13-10-5-3-2-4-9(10)12(14)17-18-13/h2-5,8H,6-7H2,1H3,(H,15,18). The summed E-state index contributed by atoms with van der Waals surface area (Å²) >= 11 is 6.04. The molecule has 0 aliphatic heterocycles. The number of nitrogens with zero attached hydrogens (tertiary/aromatic N) is 5. The van der Waals surface area contributed by atoms with E-state index in [1.165, 1.54) is 0 Å². The summed E-state index contributed by atoms with van der Waals surface area (Å²) in [5.41, 5.74) is 0. The second-order valence-electron chi connectivity index (χ2n) is 4.40. The Kier molecular flexibility index (Phi) is 3.47. The van der Waals surface area contributed by atoms with E-state index in [-0.39, 0.29) is 0 Å². The second kappa shape index (κ2) is 5.42. The summed E-state index contributed by atoms with van der Waals surface area (Å²) in [6, 6.07) is 7.78. The van der Waals surface area contributed by atoms with Crippen LogP contribution in [0.4, 0.5) is 5.82 Å². The van der Waals surface area contributed by atoms with Gasteiger partial charge in [0.1, 0.15) is 6.33 Å². The van der Waals surface area contributed by atoms with E-state index in [1.54, 1.807) is 11.0 Å². The Balaban J connectivity index is 1.76. The monoisotopic (exact) mass is 288 g/mol. The predicted molar refractivity (Wildman–Crippen MR) is 77.7 cm³/mol. The topological polar surface area (TPSA) is 68.5 Å². The van der Waals surface area contributed by atoms with Gasteiger partial charge in [0.15, 0.2) is 16.8 Å². The molecule has 0 amide bonds. The molecule has 1 N–H and O–H groups in total. The van der Waals surface area contributed by atoms with E-state index in [4.69, 9.17) is 11.6 Å². The van der Waals surface area contributed by atoms with E-state index >= 15 is 0 Å². The highest BCUT2D eigenvalue weighted by molar-refractivity contribution is 6.34. The van der Waals surface area contributed by atoms with Crippen LogP contribution in [0.5, 0.6) is 0 Å². The van der Waals surface area contributed by atoms with Gasteiger partial charge in [-0.05, 0) is 0 Å². The lowest BCUT2D eigenvalue weighted by Gasteiger charge is -2.07. The fourth-order valence-electron chi connectivity index (χ4n) is 1.99. The molecule has 0 bridgehead atoms. The van der Waals surface area contributed by atoms with Crippen molar-refractivity contribution in [2.24, 2.45) is 7.05 Å². The number of aromatic nitrogens is 5. The lowest BCUT2D eigenvalue weighted by molar-refractivity contribution is 0.741. The van der Waals surface area contributed by atoms with Crippen molar-refractivity contribution >= 4 is 28.2 Å². The van der Waals surface area contributed by atoms with E-state index in [1.807, 2.05) is 31.3 Å². The van der Waals surface area contributed by atoms with Crippen molar-refractivity contribution in [2.75, 3.05) is 11.9 Å². The van der Waals surface area contributed by atoms with Crippen molar-refractivity contribution in [3.8, 4) is 0 Å². The van der Waals surface area contributed by atoms with E-state index in [2.05, 4.69) is 25.6 Å². The van der Waals surface area contributed by atoms with Gasteiger partial charge in [0, 0.05) is 30.8 Å². The maximum absolute atomic E-state index is 6.04. The van der Waals surface area contributed by atoms with Crippen molar-refractivity contribution in [3.05, 3.63) is 41.6 Å². The van der Waals surface area contributed by atoms with Gasteiger partial charge in [-0.25, -0.2) is 4.98 Å². The average Bonchev–Trinajstić information content (AvgIpc) is 2.87. The first-order chi connectivity index (χ1) is 9.74. The number of aryl methyl sites for hydroxylation is 1. The Morgan fingerprint density at radius 1 is 1.20 bits per heavy atom. The zero-order valence-corrected chi connectivity index (χ0v) is 11.7. The lowest BCUT2D eigenvalue weighted by Crippen LogP contribution is -2.09. The quantitative estimate of drug-likeness (QED) is 0.796. The molecule has 3 rings (SSSR count). The number of nitrogens with one attached hydrogen (secondary N) is 1. The number of benzene rings is 1. The maximum atomic E-state index is 6.04.